The van der Waals surface area contributed by atoms with Crippen LogP contribution in [0.1, 0.15) is 37.1 Å². The van der Waals surface area contributed by atoms with Crippen LogP contribution in [0.15, 0.2) is 24.5 Å². The van der Waals surface area contributed by atoms with Crippen molar-refractivity contribution >= 4 is 0 Å². The summed E-state index contributed by atoms with van der Waals surface area (Å²) in [6, 6.07) is 4.93. The van der Waals surface area contributed by atoms with Gasteiger partial charge in [-0.1, -0.05) is 13.8 Å². The lowest BCUT2D eigenvalue weighted by atomic mass is 9.97. The second-order valence-electron chi connectivity index (χ2n) is 6.14. The summed E-state index contributed by atoms with van der Waals surface area (Å²) in [5.41, 5.74) is 2.75. The van der Waals surface area contributed by atoms with Gasteiger partial charge in [-0.25, -0.2) is 4.98 Å². The van der Waals surface area contributed by atoms with E-state index < -0.39 is 0 Å². The van der Waals surface area contributed by atoms with E-state index in [1.54, 1.807) is 0 Å². The third-order valence-electron chi connectivity index (χ3n) is 4.50. The van der Waals surface area contributed by atoms with Gasteiger partial charge in [0.15, 0.2) is 0 Å². The molecule has 1 aliphatic heterocycles. The van der Waals surface area contributed by atoms with E-state index in [1.807, 2.05) is 6.20 Å². The van der Waals surface area contributed by atoms with E-state index in [2.05, 4.69) is 65.2 Å². The number of rotatable bonds is 3. The van der Waals surface area contributed by atoms with Crippen molar-refractivity contribution in [1.82, 2.24) is 19.0 Å². The number of fused-ring (bicyclic) bond motifs is 1. The fraction of sp³-hybridized carbons (Fsp3) is 0.562. The summed E-state index contributed by atoms with van der Waals surface area (Å²) in [6.45, 7) is 9.86. The molecule has 20 heavy (non-hydrogen) atoms. The molecule has 1 aliphatic rings. The zero-order chi connectivity index (χ0) is 14.3. The third kappa shape index (κ3) is 2.18. The van der Waals surface area contributed by atoms with E-state index in [0.29, 0.717) is 12.0 Å². The molecule has 0 spiro atoms. The zero-order valence-corrected chi connectivity index (χ0v) is 12.9. The smallest absolute Gasteiger partial charge is 0.105 e. The van der Waals surface area contributed by atoms with Crippen molar-refractivity contribution in [3.8, 4) is 0 Å². The average molecular weight is 272 g/mol. The molecule has 3 heterocycles. The number of aromatic nitrogens is 3. The van der Waals surface area contributed by atoms with Crippen molar-refractivity contribution in [2.75, 3.05) is 6.54 Å². The Morgan fingerprint density at radius 3 is 2.80 bits per heavy atom. The minimum Gasteiger partial charge on any atom is -0.349 e. The van der Waals surface area contributed by atoms with Crippen molar-refractivity contribution in [2.45, 2.75) is 39.9 Å². The number of hydrogen-bond acceptors (Lipinski definition) is 2. The lowest BCUT2D eigenvalue weighted by molar-refractivity contribution is 0.109. The van der Waals surface area contributed by atoms with Gasteiger partial charge < -0.3 is 9.13 Å². The van der Waals surface area contributed by atoms with Crippen molar-refractivity contribution < 1.29 is 0 Å². The Bertz CT molecular complexity index is 593. The van der Waals surface area contributed by atoms with Crippen molar-refractivity contribution in [3.05, 3.63) is 41.7 Å². The Kier molecular flexibility index (Phi) is 3.42. The Balaban J connectivity index is 1.88. The van der Waals surface area contributed by atoms with Gasteiger partial charge in [-0.15, -0.1) is 0 Å². The van der Waals surface area contributed by atoms with Crippen LogP contribution >= 0.6 is 0 Å². The normalized spacial score (nSPS) is 19.6. The van der Waals surface area contributed by atoms with Crippen LogP contribution in [0.25, 0.3) is 0 Å². The number of imidazole rings is 1. The second kappa shape index (κ2) is 5.09. The summed E-state index contributed by atoms with van der Waals surface area (Å²) < 4.78 is 4.60. The monoisotopic (exact) mass is 272 g/mol. The molecule has 4 nitrogen and oxygen atoms in total. The molecule has 0 bridgehead atoms. The first-order valence-corrected chi connectivity index (χ1v) is 7.44. The van der Waals surface area contributed by atoms with E-state index >= 15 is 0 Å². The van der Waals surface area contributed by atoms with Gasteiger partial charge in [-0.3, -0.25) is 4.90 Å². The van der Waals surface area contributed by atoms with Crippen LogP contribution in [-0.4, -0.2) is 25.6 Å². The van der Waals surface area contributed by atoms with E-state index in [0.717, 1.165) is 25.5 Å². The summed E-state index contributed by atoms with van der Waals surface area (Å²) in [7, 11) is 2.11. The minimum absolute atomic E-state index is 0.494. The van der Waals surface area contributed by atoms with Gasteiger partial charge in [0.1, 0.15) is 5.82 Å². The molecular formula is C16H24N4. The van der Waals surface area contributed by atoms with Gasteiger partial charge in [0.2, 0.25) is 0 Å². The Hall–Kier alpha value is -1.55. The fourth-order valence-electron chi connectivity index (χ4n) is 3.31. The molecule has 3 rings (SSSR count). The summed E-state index contributed by atoms with van der Waals surface area (Å²) >= 11 is 0. The van der Waals surface area contributed by atoms with Crippen LogP contribution in [-0.2, 0) is 20.1 Å². The molecule has 0 fully saturated rings. The maximum absolute atomic E-state index is 4.42. The first kappa shape index (κ1) is 13.4. The molecule has 2 aromatic heterocycles. The highest BCUT2D eigenvalue weighted by atomic mass is 15.2. The van der Waals surface area contributed by atoms with Crippen LogP contribution in [0.2, 0.25) is 0 Å². The zero-order valence-electron chi connectivity index (χ0n) is 12.9. The molecule has 0 aliphatic carbocycles. The fourth-order valence-corrected chi connectivity index (χ4v) is 3.31. The Morgan fingerprint density at radius 2 is 2.15 bits per heavy atom. The maximum Gasteiger partial charge on any atom is 0.105 e. The largest absolute Gasteiger partial charge is 0.349 e. The SMILES string of the molecule is Cc1ncc(CN2CCn3cccc3[C@H]2C(C)C)n1C. The lowest BCUT2D eigenvalue weighted by Crippen LogP contribution is -2.40. The molecule has 0 saturated carbocycles. The minimum atomic E-state index is 0.494. The van der Waals surface area contributed by atoms with Gasteiger partial charge in [0.25, 0.3) is 0 Å². The highest BCUT2D eigenvalue weighted by Crippen LogP contribution is 2.33. The number of hydrogen-bond donors (Lipinski definition) is 0. The Labute approximate surface area is 121 Å². The van der Waals surface area contributed by atoms with Crippen LogP contribution < -0.4 is 0 Å². The van der Waals surface area contributed by atoms with E-state index in [1.165, 1.54) is 11.4 Å². The van der Waals surface area contributed by atoms with Gasteiger partial charge in [-0.05, 0) is 25.0 Å². The topological polar surface area (TPSA) is 26.0 Å². The summed E-state index contributed by atoms with van der Waals surface area (Å²) in [5, 5.41) is 0. The van der Waals surface area contributed by atoms with Crippen LogP contribution in [0, 0.1) is 12.8 Å². The first-order valence-electron chi connectivity index (χ1n) is 7.44. The summed E-state index contributed by atoms with van der Waals surface area (Å²) in [4.78, 5) is 7.01. The van der Waals surface area contributed by atoms with Gasteiger partial charge >= 0.3 is 0 Å². The van der Waals surface area contributed by atoms with Gasteiger partial charge in [0.05, 0.1) is 11.7 Å². The quantitative estimate of drug-likeness (QED) is 0.858. The average Bonchev–Trinajstić information content (AvgIpc) is 2.99. The molecule has 0 N–H and O–H groups in total. The summed E-state index contributed by atoms with van der Waals surface area (Å²) in [6.07, 6.45) is 4.22. The molecular weight excluding hydrogens is 248 g/mol. The first-order chi connectivity index (χ1) is 9.58. The summed E-state index contributed by atoms with van der Waals surface area (Å²) in [5.74, 6) is 1.69. The van der Waals surface area contributed by atoms with Gasteiger partial charge in [-0.2, -0.15) is 0 Å². The molecule has 0 saturated heterocycles. The molecule has 2 aromatic rings. The highest BCUT2D eigenvalue weighted by molar-refractivity contribution is 5.16. The van der Waals surface area contributed by atoms with Crippen molar-refractivity contribution in [3.63, 3.8) is 0 Å². The molecule has 0 aromatic carbocycles. The molecule has 4 heteroatoms. The van der Waals surface area contributed by atoms with Crippen LogP contribution in [0.3, 0.4) is 0 Å². The van der Waals surface area contributed by atoms with E-state index in [4.69, 9.17) is 0 Å². The molecule has 0 radical (unpaired) electrons. The van der Waals surface area contributed by atoms with Crippen LogP contribution in [0.5, 0.6) is 0 Å². The molecule has 108 valence electrons. The predicted octanol–water partition coefficient (Wildman–Crippen LogP) is 2.74. The van der Waals surface area contributed by atoms with E-state index in [9.17, 15) is 0 Å². The number of nitrogens with zero attached hydrogens (tertiary/aromatic N) is 4. The van der Waals surface area contributed by atoms with Crippen molar-refractivity contribution in [1.29, 1.82) is 0 Å². The van der Waals surface area contributed by atoms with Crippen LogP contribution in [0.4, 0.5) is 0 Å². The molecule has 0 unspecified atom stereocenters. The second-order valence-corrected chi connectivity index (χ2v) is 6.14. The van der Waals surface area contributed by atoms with E-state index in [-0.39, 0.29) is 0 Å². The third-order valence-corrected chi connectivity index (χ3v) is 4.50. The van der Waals surface area contributed by atoms with Gasteiger partial charge in [0, 0.05) is 44.8 Å². The standard InChI is InChI=1S/C16H24N4/c1-12(2)16-15-6-5-7-19(15)8-9-20(16)11-14-10-17-13(3)18(14)4/h5-7,10,12,16H,8-9,11H2,1-4H3/t16-/m1/s1. The van der Waals surface area contributed by atoms with Crippen molar-refractivity contribution in [2.24, 2.45) is 13.0 Å². The molecule has 1 atom stereocenters. The highest BCUT2D eigenvalue weighted by Gasteiger charge is 2.30. The lowest BCUT2D eigenvalue weighted by Gasteiger charge is -2.39. The maximum atomic E-state index is 4.42. The number of aryl methyl sites for hydroxylation is 1. The predicted molar refractivity (Wildman–Crippen MR) is 80.4 cm³/mol. The molecule has 0 amide bonds. The Morgan fingerprint density at radius 1 is 1.35 bits per heavy atom.